The first kappa shape index (κ1) is 28.3. The molecule has 1 aliphatic heterocycles. The Morgan fingerprint density at radius 2 is 1.86 bits per heavy atom. The number of fused-ring (bicyclic) bond motifs is 1. The minimum absolute atomic E-state index is 0.183. The van der Waals surface area contributed by atoms with Crippen LogP contribution in [0.25, 0.3) is 16.6 Å². The second-order valence-electron chi connectivity index (χ2n) is 12.1. The van der Waals surface area contributed by atoms with Gasteiger partial charge in [-0.05, 0) is 72.2 Å². The maximum Gasteiger partial charge on any atom is 0.254 e. The number of rotatable bonds is 7. The molecule has 1 aliphatic carbocycles. The summed E-state index contributed by atoms with van der Waals surface area (Å²) in [6.07, 6.45) is 6.97. The van der Waals surface area contributed by atoms with Gasteiger partial charge in [0.05, 0.1) is 11.8 Å². The summed E-state index contributed by atoms with van der Waals surface area (Å²) in [4.78, 5) is 25.1. The van der Waals surface area contributed by atoms with Crippen LogP contribution in [-0.2, 0) is 0 Å². The van der Waals surface area contributed by atoms with Gasteiger partial charge in [-0.2, -0.15) is 0 Å². The number of carbonyl (C=O) groups excluding carboxylic acids is 1. The summed E-state index contributed by atoms with van der Waals surface area (Å²) < 4.78 is 6.25. The number of carbonyl (C=O) groups is 1. The zero-order valence-corrected chi connectivity index (χ0v) is 25.3. The summed E-state index contributed by atoms with van der Waals surface area (Å²) in [5, 5.41) is 4.46. The normalized spacial score (nSPS) is 17.5. The Bertz CT molecular complexity index is 1620. The first-order valence-electron chi connectivity index (χ1n) is 14.7. The van der Waals surface area contributed by atoms with Crippen LogP contribution in [0.2, 0.25) is 5.02 Å². The van der Waals surface area contributed by atoms with Crippen molar-refractivity contribution in [3.63, 3.8) is 0 Å². The third-order valence-corrected chi connectivity index (χ3v) is 8.82. The molecule has 0 atom stereocenters. The van der Waals surface area contributed by atoms with E-state index in [1.54, 1.807) is 18.8 Å². The van der Waals surface area contributed by atoms with Gasteiger partial charge in [-0.1, -0.05) is 43.2 Å². The second-order valence-corrected chi connectivity index (χ2v) is 12.6. The molecule has 3 heterocycles. The first-order chi connectivity index (χ1) is 20.3. The highest BCUT2D eigenvalue weighted by atomic mass is 35.5. The number of benzene rings is 2. The second kappa shape index (κ2) is 11.8. The van der Waals surface area contributed by atoms with E-state index in [-0.39, 0.29) is 5.91 Å². The van der Waals surface area contributed by atoms with Crippen molar-refractivity contribution in [2.24, 2.45) is 5.41 Å². The molecule has 0 spiro atoms. The van der Waals surface area contributed by atoms with E-state index in [9.17, 15) is 4.79 Å². The fourth-order valence-corrected chi connectivity index (χ4v) is 6.24. The first-order valence-corrected chi connectivity index (χ1v) is 15.1. The number of piperazine rings is 1. The van der Waals surface area contributed by atoms with E-state index in [4.69, 9.17) is 16.3 Å². The molecular weight excluding hydrogens is 546 g/mol. The highest BCUT2D eigenvalue weighted by Gasteiger charge is 2.29. The van der Waals surface area contributed by atoms with Gasteiger partial charge in [-0.3, -0.25) is 9.69 Å². The van der Waals surface area contributed by atoms with Gasteiger partial charge in [0.1, 0.15) is 17.1 Å². The van der Waals surface area contributed by atoms with Crippen LogP contribution >= 0.6 is 11.6 Å². The van der Waals surface area contributed by atoms with E-state index in [0.717, 1.165) is 67.3 Å². The molecule has 42 heavy (non-hydrogen) atoms. The van der Waals surface area contributed by atoms with Crippen LogP contribution in [0.4, 0.5) is 5.69 Å². The molecule has 2 aromatic heterocycles. The molecule has 218 valence electrons. The summed E-state index contributed by atoms with van der Waals surface area (Å²) in [5.74, 6) is 0.931. The number of aromatic nitrogens is 2. The average Bonchev–Trinajstić information content (AvgIpc) is 3.46. The van der Waals surface area contributed by atoms with Gasteiger partial charge < -0.3 is 19.9 Å². The third kappa shape index (κ3) is 6.18. The summed E-state index contributed by atoms with van der Waals surface area (Å²) in [6.45, 7) is 9.52. The largest absolute Gasteiger partial charge is 0.455 e. The number of ether oxygens (including phenoxy) is 1. The van der Waals surface area contributed by atoms with Crippen LogP contribution in [-0.4, -0.2) is 60.5 Å². The molecule has 8 heteroatoms. The van der Waals surface area contributed by atoms with Crippen LogP contribution in [0, 0.1) is 5.41 Å². The van der Waals surface area contributed by atoms with Crippen molar-refractivity contribution in [2.75, 3.05) is 44.7 Å². The molecule has 0 bridgehead atoms. The molecular formula is C34H38ClN5O2. The van der Waals surface area contributed by atoms with E-state index in [2.05, 4.69) is 51.1 Å². The molecule has 4 aromatic rings. The minimum atomic E-state index is -0.183. The van der Waals surface area contributed by atoms with Crippen LogP contribution in [0.1, 0.15) is 49.0 Å². The Kier molecular flexibility index (Phi) is 7.97. The van der Waals surface area contributed by atoms with E-state index < -0.39 is 0 Å². The van der Waals surface area contributed by atoms with Crippen molar-refractivity contribution in [3.05, 3.63) is 88.7 Å². The Balaban J connectivity index is 1.18. The van der Waals surface area contributed by atoms with Crippen LogP contribution in [0.5, 0.6) is 11.5 Å². The number of anilines is 1. The lowest BCUT2D eigenvalue weighted by Crippen LogP contribution is -2.47. The van der Waals surface area contributed by atoms with Gasteiger partial charge in [-0.25, -0.2) is 4.98 Å². The Morgan fingerprint density at radius 3 is 2.62 bits per heavy atom. The predicted octanol–water partition coefficient (Wildman–Crippen LogP) is 7.15. The maximum atomic E-state index is 12.7. The molecule has 7 nitrogen and oxygen atoms in total. The smallest absolute Gasteiger partial charge is 0.254 e. The summed E-state index contributed by atoms with van der Waals surface area (Å²) in [6, 6.07) is 18.1. The van der Waals surface area contributed by atoms with Crippen molar-refractivity contribution >= 4 is 39.8 Å². The predicted molar refractivity (Wildman–Crippen MR) is 171 cm³/mol. The van der Waals surface area contributed by atoms with Gasteiger partial charge in [0, 0.05) is 68.1 Å². The topological polar surface area (TPSA) is 73.5 Å². The van der Waals surface area contributed by atoms with Crippen LogP contribution in [0.15, 0.2) is 72.6 Å². The molecule has 2 N–H and O–H groups in total. The highest BCUT2D eigenvalue weighted by Crippen LogP contribution is 2.43. The molecule has 2 aromatic carbocycles. The van der Waals surface area contributed by atoms with Crippen molar-refractivity contribution < 1.29 is 9.53 Å². The number of amides is 1. The Hall–Kier alpha value is -3.81. The van der Waals surface area contributed by atoms with Crippen molar-refractivity contribution in [1.29, 1.82) is 0 Å². The van der Waals surface area contributed by atoms with Crippen molar-refractivity contribution in [1.82, 2.24) is 20.2 Å². The van der Waals surface area contributed by atoms with Crippen LogP contribution < -0.4 is 15.0 Å². The molecule has 1 fully saturated rings. The van der Waals surface area contributed by atoms with E-state index in [1.807, 2.05) is 48.7 Å². The molecule has 6 rings (SSSR count). The molecule has 0 unspecified atom stereocenters. The highest BCUT2D eigenvalue weighted by molar-refractivity contribution is 6.30. The molecule has 0 saturated carbocycles. The molecule has 2 aliphatic rings. The minimum Gasteiger partial charge on any atom is -0.455 e. The van der Waals surface area contributed by atoms with Gasteiger partial charge >= 0.3 is 0 Å². The molecule has 0 radical (unpaired) electrons. The van der Waals surface area contributed by atoms with E-state index >= 15 is 0 Å². The lowest BCUT2D eigenvalue weighted by molar-refractivity contribution is 0.0961. The van der Waals surface area contributed by atoms with E-state index in [0.29, 0.717) is 22.5 Å². The number of hydrogen-bond donors (Lipinski definition) is 2. The number of allylic oxidation sites excluding steroid dienone is 1. The zero-order valence-electron chi connectivity index (χ0n) is 24.5. The average molecular weight is 584 g/mol. The lowest BCUT2D eigenvalue weighted by atomic mass is 9.72. The van der Waals surface area contributed by atoms with Crippen molar-refractivity contribution in [3.8, 4) is 11.5 Å². The number of halogens is 1. The summed E-state index contributed by atoms with van der Waals surface area (Å²) in [5.41, 5.74) is 7.00. The summed E-state index contributed by atoms with van der Waals surface area (Å²) in [7, 11) is 1.63. The molecule has 1 saturated heterocycles. The number of pyridine rings is 1. The fraction of sp³-hybridized carbons (Fsp3) is 0.353. The monoisotopic (exact) mass is 583 g/mol. The number of H-pyrrole nitrogens is 1. The van der Waals surface area contributed by atoms with Gasteiger partial charge in [0.25, 0.3) is 5.91 Å². The van der Waals surface area contributed by atoms with Gasteiger partial charge in [0.2, 0.25) is 0 Å². The Morgan fingerprint density at radius 1 is 1.07 bits per heavy atom. The van der Waals surface area contributed by atoms with Gasteiger partial charge in [-0.15, -0.1) is 0 Å². The summed E-state index contributed by atoms with van der Waals surface area (Å²) >= 11 is 6.20. The van der Waals surface area contributed by atoms with Gasteiger partial charge in [0.15, 0.2) is 0 Å². The van der Waals surface area contributed by atoms with E-state index in [1.165, 1.54) is 17.6 Å². The SMILES string of the molecule is CNC(=O)c1ccc(N2CCN(CC3=C(c4ccc(Cl)cc4)CC(C)(C)CC3)CC2)cc1Oc1cnc2[nH]ccc2c1. The van der Waals surface area contributed by atoms with Crippen molar-refractivity contribution in [2.45, 2.75) is 33.1 Å². The van der Waals surface area contributed by atoms with Crippen LogP contribution in [0.3, 0.4) is 0 Å². The maximum absolute atomic E-state index is 12.7. The Labute approximate surface area is 252 Å². The number of hydrogen-bond acceptors (Lipinski definition) is 5. The lowest BCUT2D eigenvalue weighted by Gasteiger charge is -2.39. The third-order valence-electron chi connectivity index (χ3n) is 8.57. The molecule has 1 amide bonds. The number of nitrogens with zero attached hydrogens (tertiary/aromatic N) is 3. The number of aromatic amines is 1. The number of nitrogens with one attached hydrogen (secondary N) is 2. The zero-order chi connectivity index (χ0) is 29.3. The standard InChI is InChI=1S/C34H38ClN5O2/c1-34(2)12-10-25(30(20-34)23-4-6-26(35)7-5-23)22-39-14-16-40(17-15-39)27-8-9-29(33(41)36-3)31(19-27)42-28-18-24-11-13-37-32(24)38-21-28/h4-9,11,13,18-19,21H,10,12,14-17,20,22H2,1-3H3,(H,36,41)(H,37,38). The fourth-order valence-electron chi connectivity index (χ4n) is 6.11. The quantitative estimate of drug-likeness (QED) is 0.242.